The number of nitrogens with one attached hydrogen (secondary N) is 1. The van der Waals surface area contributed by atoms with Gasteiger partial charge in [0.15, 0.2) is 5.78 Å². The smallest absolute Gasteiger partial charge is 0.188 e. The molecule has 23 heavy (non-hydrogen) atoms. The van der Waals surface area contributed by atoms with Crippen molar-refractivity contribution in [2.24, 2.45) is 0 Å². The van der Waals surface area contributed by atoms with Gasteiger partial charge in [-0.25, -0.2) is 4.39 Å². The Hall–Kier alpha value is -1.80. The molecule has 0 spiro atoms. The highest BCUT2D eigenvalue weighted by molar-refractivity contribution is 14.1. The average Bonchev–Trinajstić information content (AvgIpc) is 2.99. The van der Waals surface area contributed by atoms with E-state index in [2.05, 4.69) is 32.8 Å². The topological polar surface area (TPSA) is 55.0 Å². The number of fused-ring (bicyclic) bond motifs is 1. The molecule has 0 saturated carbocycles. The molecule has 2 aromatic carbocycles. The number of hydrogen-bond donors (Lipinski definition) is 1. The molecule has 0 amide bonds. The number of halogens is 2. The van der Waals surface area contributed by atoms with Crippen molar-refractivity contribution in [3.63, 3.8) is 0 Å². The van der Waals surface area contributed by atoms with Crippen LogP contribution in [-0.4, -0.2) is 29.7 Å². The Morgan fingerprint density at radius 3 is 2.91 bits per heavy atom. The molecule has 4 nitrogen and oxygen atoms in total. The molecule has 0 bridgehead atoms. The third-order valence-electron chi connectivity index (χ3n) is 3.69. The number of ketones is 1. The number of aromatic nitrogens is 2. The highest BCUT2D eigenvalue weighted by Crippen LogP contribution is 2.26. The highest BCUT2D eigenvalue weighted by atomic mass is 127. The van der Waals surface area contributed by atoms with Crippen molar-refractivity contribution < 1.29 is 13.9 Å². The summed E-state index contributed by atoms with van der Waals surface area (Å²) in [7, 11) is 1.48. The van der Waals surface area contributed by atoms with Crippen molar-refractivity contribution >= 4 is 39.3 Å². The molecule has 1 heterocycles. The number of carbonyl (C=O) groups excluding carboxylic acids is 1. The Balaban J connectivity index is 2.11. The molecular weight excluding hydrogens is 410 g/mol. The first-order valence-electron chi connectivity index (χ1n) is 7.01. The van der Waals surface area contributed by atoms with Gasteiger partial charge in [-0.1, -0.05) is 6.07 Å². The normalized spacial score (nSPS) is 11.1. The van der Waals surface area contributed by atoms with E-state index in [4.69, 9.17) is 4.74 Å². The van der Waals surface area contributed by atoms with Crippen LogP contribution in [0.5, 0.6) is 0 Å². The van der Waals surface area contributed by atoms with Crippen molar-refractivity contribution in [2.75, 3.05) is 13.7 Å². The zero-order valence-corrected chi connectivity index (χ0v) is 14.6. The van der Waals surface area contributed by atoms with Crippen molar-refractivity contribution in [3.05, 3.63) is 62.6 Å². The minimum absolute atomic E-state index is 0.00840. The number of hydrogen-bond acceptors (Lipinski definition) is 3. The minimum atomic E-state index is -0.275. The quantitative estimate of drug-likeness (QED) is 0.502. The summed E-state index contributed by atoms with van der Waals surface area (Å²) >= 11 is 2.07. The second-order valence-electron chi connectivity index (χ2n) is 5.19. The fourth-order valence-electron chi connectivity index (χ4n) is 2.59. The number of H-pyrrole nitrogens is 1. The van der Waals surface area contributed by atoms with Crippen molar-refractivity contribution in [2.45, 2.75) is 6.42 Å². The van der Waals surface area contributed by atoms with Gasteiger partial charge in [-0.3, -0.25) is 9.89 Å². The SMILES string of the molecule is COCC(=O)c1ccc2[nH]ncc2c1Cc1ccc(I)cc1F. The third kappa shape index (κ3) is 3.28. The van der Waals surface area contributed by atoms with Crippen LogP contribution in [0, 0.1) is 9.39 Å². The zero-order chi connectivity index (χ0) is 16.4. The number of methoxy groups -OCH3 is 1. The maximum Gasteiger partial charge on any atom is 0.188 e. The summed E-state index contributed by atoms with van der Waals surface area (Å²) in [6, 6.07) is 8.63. The van der Waals surface area contributed by atoms with Gasteiger partial charge in [0.25, 0.3) is 0 Å². The van der Waals surface area contributed by atoms with Crippen LogP contribution in [0.4, 0.5) is 4.39 Å². The average molecular weight is 424 g/mol. The first-order valence-corrected chi connectivity index (χ1v) is 8.09. The number of aromatic amines is 1. The summed E-state index contributed by atoms with van der Waals surface area (Å²) in [5, 5.41) is 7.73. The lowest BCUT2D eigenvalue weighted by Crippen LogP contribution is -2.11. The lowest BCUT2D eigenvalue weighted by molar-refractivity contribution is 0.0847. The van der Waals surface area contributed by atoms with E-state index in [1.54, 1.807) is 24.4 Å². The standard InChI is InChI=1S/C17H14FIN2O2/c1-23-9-17(22)12-4-5-16-14(8-20-21-16)13(12)6-10-2-3-11(19)7-15(10)18/h2-5,7-8H,6,9H2,1H3,(H,20,21). The summed E-state index contributed by atoms with van der Waals surface area (Å²) in [6.07, 6.45) is 1.99. The number of benzene rings is 2. The van der Waals surface area contributed by atoms with Gasteiger partial charge in [-0.05, 0) is 58.0 Å². The fraction of sp³-hybridized carbons (Fsp3) is 0.176. The van der Waals surface area contributed by atoms with E-state index in [1.807, 2.05) is 6.07 Å². The predicted molar refractivity (Wildman–Crippen MR) is 94.2 cm³/mol. The van der Waals surface area contributed by atoms with E-state index in [0.29, 0.717) is 17.5 Å². The maximum absolute atomic E-state index is 14.2. The Kier molecular flexibility index (Phi) is 4.72. The Bertz CT molecular complexity index is 876. The predicted octanol–water partition coefficient (Wildman–Crippen LogP) is 3.73. The van der Waals surface area contributed by atoms with E-state index >= 15 is 0 Å². The van der Waals surface area contributed by atoms with Crippen molar-refractivity contribution in [1.29, 1.82) is 0 Å². The minimum Gasteiger partial charge on any atom is -0.377 e. The molecule has 3 aromatic rings. The molecule has 118 valence electrons. The molecular formula is C17H14FIN2O2. The van der Waals surface area contributed by atoms with E-state index < -0.39 is 0 Å². The number of ether oxygens (including phenoxy) is 1. The van der Waals surface area contributed by atoms with Gasteiger partial charge in [0.2, 0.25) is 0 Å². The third-order valence-corrected chi connectivity index (χ3v) is 4.36. The first-order chi connectivity index (χ1) is 11.1. The van der Waals surface area contributed by atoms with Crippen molar-refractivity contribution in [3.8, 4) is 0 Å². The molecule has 0 unspecified atom stereocenters. The molecule has 0 aliphatic heterocycles. The summed E-state index contributed by atoms with van der Waals surface area (Å²) in [5.74, 6) is -0.404. The summed E-state index contributed by atoms with van der Waals surface area (Å²) in [5.41, 5.74) is 2.67. The van der Waals surface area contributed by atoms with Crippen LogP contribution in [0.1, 0.15) is 21.5 Å². The van der Waals surface area contributed by atoms with Crippen LogP contribution >= 0.6 is 22.6 Å². The fourth-order valence-corrected chi connectivity index (χ4v) is 3.05. The van der Waals surface area contributed by atoms with Gasteiger partial charge in [-0.15, -0.1) is 0 Å². The number of rotatable bonds is 5. The lowest BCUT2D eigenvalue weighted by Gasteiger charge is -2.11. The van der Waals surface area contributed by atoms with Gasteiger partial charge in [-0.2, -0.15) is 5.10 Å². The molecule has 0 atom stereocenters. The van der Waals surface area contributed by atoms with Crippen LogP contribution in [0.3, 0.4) is 0 Å². The second-order valence-corrected chi connectivity index (χ2v) is 6.44. The molecule has 1 N–H and O–H groups in total. The number of Topliss-reactive ketones (excluding diaryl/α,β-unsaturated/α-hetero) is 1. The summed E-state index contributed by atoms with van der Waals surface area (Å²) < 4.78 is 20.0. The van der Waals surface area contributed by atoms with E-state index in [-0.39, 0.29) is 18.2 Å². The molecule has 3 rings (SSSR count). The van der Waals surface area contributed by atoms with Crippen LogP contribution in [0.15, 0.2) is 36.5 Å². The van der Waals surface area contributed by atoms with Gasteiger partial charge in [0.05, 0.1) is 11.7 Å². The molecule has 0 aliphatic rings. The van der Waals surface area contributed by atoms with Gasteiger partial charge >= 0.3 is 0 Å². The Morgan fingerprint density at radius 2 is 2.17 bits per heavy atom. The molecule has 0 radical (unpaired) electrons. The first kappa shape index (κ1) is 16.1. The molecule has 0 aliphatic carbocycles. The Labute approximate surface area is 146 Å². The van der Waals surface area contributed by atoms with Gasteiger partial charge in [0, 0.05) is 28.1 Å². The Morgan fingerprint density at radius 1 is 1.35 bits per heavy atom. The maximum atomic E-state index is 14.2. The van der Waals surface area contributed by atoms with Crippen LogP contribution in [-0.2, 0) is 11.2 Å². The monoisotopic (exact) mass is 424 g/mol. The number of carbonyl (C=O) groups is 1. The molecule has 0 fully saturated rings. The number of nitrogens with zero attached hydrogens (tertiary/aromatic N) is 1. The van der Waals surface area contributed by atoms with Crippen LogP contribution in [0.2, 0.25) is 0 Å². The second kappa shape index (κ2) is 6.76. The molecule has 1 aromatic heterocycles. The van der Waals surface area contributed by atoms with E-state index in [1.165, 1.54) is 13.2 Å². The summed E-state index contributed by atoms with van der Waals surface area (Å²) in [4.78, 5) is 12.3. The van der Waals surface area contributed by atoms with Gasteiger partial charge in [0.1, 0.15) is 12.4 Å². The zero-order valence-electron chi connectivity index (χ0n) is 12.4. The van der Waals surface area contributed by atoms with E-state index in [0.717, 1.165) is 20.0 Å². The van der Waals surface area contributed by atoms with Crippen molar-refractivity contribution in [1.82, 2.24) is 10.2 Å². The largest absolute Gasteiger partial charge is 0.377 e. The van der Waals surface area contributed by atoms with Gasteiger partial charge < -0.3 is 4.74 Å². The lowest BCUT2D eigenvalue weighted by atomic mass is 9.94. The summed E-state index contributed by atoms with van der Waals surface area (Å²) in [6.45, 7) is -0.00840. The van der Waals surface area contributed by atoms with Crippen LogP contribution < -0.4 is 0 Å². The van der Waals surface area contributed by atoms with E-state index in [9.17, 15) is 9.18 Å². The molecule has 0 saturated heterocycles. The van der Waals surface area contributed by atoms with Crippen LogP contribution in [0.25, 0.3) is 10.9 Å². The highest BCUT2D eigenvalue weighted by Gasteiger charge is 2.17. The molecule has 6 heteroatoms.